The van der Waals surface area contributed by atoms with Gasteiger partial charge in [-0.3, -0.25) is 13.9 Å². The second-order valence-corrected chi connectivity index (χ2v) is 11.6. The second kappa shape index (κ2) is 11.0. The lowest BCUT2D eigenvalue weighted by Crippen LogP contribution is -2.55. The van der Waals surface area contributed by atoms with Crippen molar-refractivity contribution in [1.29, 1.82) is 0 Å². The van der Waals surface area contributed by atoms with E-state index in [4.69, 9.17) is 0 Å². The minimum atomic E-state index is -3.75. The number of aryl methyl sites for hydroxylation is 2. The normalized spacial score (nSPS) is 12.7. The van der Waals surface area contributed by atoms with Gasteiger partial charge in [-0.1, -0.05) is 49.4 Å². The summed E-state index contributed by atoms with van der Waals surface area (Å²) in [5, 5.41) is 2.96. The number of carbonyl (C=O) groups excluding carboxylic acids is 2. The van der Waals surface area contributed by atoms with E-state index in [-0.39, 0.29) is 12.5 Å². The van der Waals surface area contributed by atoms with Crippen LogP contribution in [-0.2, 0) is 26.2 Å². The third kappa shape index (κ3) is 7.58. The van der Waals surface area contributed by atoms with Gasteiger partial charge in [-0.2, -0.15) is 0 Å². The van der Waals surface area contributed by atoms with Crippen LogP contribution in [-0.4, -0.2) is 49.5 Å². The van der Waals surface area contributed by atoms with Gasteiger partial charge in [0.05, 0.1) is 11.9 Å². The maximum absolute atomic E-state index is 13.7. The van der Waals surface area contributed by atoms with Gasteiger partial charge in [-0.05, 0) is 63.8 Å². The summed E-state index contributed by atoms with van der Waals surface area (Å²) in [5.74, 6) is -0.706. The van der Waals surface area contributed by atoms with Crippen molar-refractivity contribution in [2.45, 2.75) is 66.1 Å². The molecular formula is C26H37N3O4S. The Hall–Kier alpha value is -2.87. The van der Waals surface area contributed by atoms with Crippen LogP contribution in [0.15, 0.2) is 48.5 Å². The van der Waals surface area contributed by atoms with E-state index in [0.29, 0.717) is 12.1 Å². The molecule has 0 saturated carbocycles. The van der Waals surface area contributed by atoms with E-state index in [9.17, 15) is 18.0 Å². The number of hydrogen-bond donors (Lipinski definition) is 1. The quantitative estimate of drug-likeness (QED) is 0.583. The maximum Gasteiger partial charge on any atom is 0.244 e. The Balaban J connectivity index is 2.48. The molecule has 0 fully saturated rings. The summed E-state index contributed by atoms with van der Waals surface area (Å²) in [5.41, 5.74) is 2.48. The predicted molar refractivity (Wildman–Crippen MR) is 137 cm³/mol. The van der Waals surface area contributed by atoms with Crippen molar-refractivity contribution in [3.63, 3.8) is 0 Å². The minimum absolute atomic E-state index is 0.195. The molecule has 2 rings (SSSR count). The summed E-state index contributed by atoms with van der Waals surface area (Å²) in [7, 11) is -3.75. The van der Waals surface area contributed by atoms with Crippen LogP contribution in [0.4, 0.5) is 5.69 Å². The Labute approximate surface area is 204 Å². The molecule has 0 unspecified atom stereocenters. The van der Waals surface area contributed by atoms with E-state index in [0.717, 1.165) is 27.3 Å². The molecular weight excluding hydrogens is 450 g/mol. The fraction of sp³-hybridized carbons (Fsp3) is 0.462. The van der Waals surface area contributed by atoms with E-state index < -0.39 is 34.1 Å². The molecule has 0 spiro atoms. The molecule has 0 bridgehead atoms. The first-order chi connectivity index (χ1) is 15.7. The number of benzene rings is 2. The number of hydrogen-bond acceptors (Lipinski definition) is 4. The topological polar surface area (TPSA) is 86.8 Å². The number of sulfonamides is 1. The first-order valence-electron chi connectivity index (χ1n) is 11.4. The third-order valence-corrected chi connectivity index (χ3v) is 6.52. The largest absolute Gasteiger partial charge is 0.350 e. The maximum atomic E-state index is 13.7. The van der Waals surface area contributed by atoms with Crippen LogP contribution in [0, 0.1) is 13.8 Å². The first kappa shape index (κ1) is 27.4. The molecule has 2 aromatic rings. The molecule has 2 aromatic carbocycles. The van der Waals surface area contributed by atoms with Crippen molar-refractivity contribution in [3.8, 4) is 0 Å². The number of anilines is 1. The summed E-state index contributed by atoms with van der Waals surface area (Å²) < 4.78 is 26.6. The van der Waals surface area contributed by atoms with Gasteiger partial charge < -0.3 is 10.2 Å². The lowest BCUT2D eigenvalue weighted by molar-refractivity contribution is -0.141. The lowest BCUT2D eigenvalue weighted by atomic mass is 10.1. The predicted octanol–water partition coefficient (Wildman–Crippen LogP) is 3.79. The molecule has 0 heterocycles. The molecule has 0 saturated heterocycles. The lowest BCUT2D eigenvalue weighted by Gasteiger charge is -2.34. The molecule has 0 aliphatic rings. The third-order valence-electron chi connectivity index (χ3n) is 5.39. The van der Waals surface area contributed by atoms with Crippen LogP contribution in [0.25, 0.3) is 0 Å². The number of amides is 2. The van der Waals surface area contributed by atoms with Crippen molar-refractivity contribution in [2.75, 3.05) is 17.1 Å². The highest BCUT2D eigenvalue weighted by Gasteiger charge is 2.33. The second-order valence-electron chi connectivity index (χ2n) is 9.73. The van der Waals surface area contributed by atoms with E-state index in [2.05, 4.69) is 5.32 Å². The van der Waals surface area contributed by atoms with Crippen molar-refractivity contribution < 1.29 is 18.0 Å². The molecule has 0 aliphatic carbocycles. The van der Waals surface area contributed by atoms with Gasteiger partial charge in [0, 0.05) is 12.1 Å². The molecule has 8 heteroatoms. The zero-order valence-corrected chi connectivity index (χ0v) is 22.1. The summed E-state index contributed by atoms with van der Waals surface area (Å²) in [4.78, 5) is 28.3. The summed E-state index contributed by atoms with van der Waals surface area (Å²) in [6.45, 7) is 11.0. The SMILES string of the molecule is CC[C@@H](C(=O)NC(C)(C)C)N(Cc1ccccc1)C(=O)CN(c1cc(C)ccc1C)S(C)(=O)=O. The van der Waals surface area contributed by atoms with Crippen LogP contribution in [0.2, 0.25) is 0 Å². The van der Waals surface area contributed by atoms with Gasteiger partial charge in [0.1, 0.15) is 12.6 Å². The van der Waals surface area contributed by atoms with Gasteiger partial charge >= 0.3 is 0 Å². The molecule has 0 aliphatic heterocycles. The van der Waals surface area contributed by atoms with Crippen LogP contribution in [0.1, 0.15) is 50.8 Å². The number of rotatable bonds is 9. The van der Waals surface area contributed by atoms with Gasteiger partial charge in [0.15, 0.2) is 0 Å². The zero-order valence-electron chi connectivity index (χ0n) is 21.3. The fourth-order valence-electron chi connectivity index (χ4n) is 3.74. The molecule has 1 atom stereocenters. The number of nitrogens with one attached hydrogen (secondary N) is 1. The van der Waals surface area contributed by atoms with E-state index in [1.165, 1.54) is 4.90 Å². The highest BCUT2D eigenvalue weighted by atomic mass is 32.2. The van der Waals surface area contributed by atoms with Gasteiger partial charge in [0.2, 0.25) is 21.8 Å². The zero-order chi connectivity index (χ0) is 25.7. The smallest absolute Gasteiger partial charge is 0.244 e. The van der Waals surface area contributed by atoms with Crippen molar-refractivity contribution in [2.24, 2.45) is 0 Å². The van der Waals surface area contributed by atoms with E-state index >= 15 is 0 Å². The standard InChI is InChI=1S/C26H37N3O4S/c1-8-22(25(31)27-26(4,5)6)28(17-21-12-10-9-11-13-21)24(30)18-29(34(7,32)33)23-16-19(2)14-15-20(23)3/h9-16,22H,8,17-18H2,1-7H3,(H,27,31)/t22-/m0/s1. The number of nitrogens with zero attached hydrogens (tertiary/aromatic N) is 2. The van der Waals surface area contributed by atoms with Crippen molar-refractivity contribution in [1.82, 2.24) is 10.2 Å². The van der Waals surface area contributed by atoms with Gasteiger partial charge in [0.25, 0.3) is 0 Å². The highest BCUT2D eigenvalue weighted by molar-refractivity contribution is 7.92. The average Bonchev–Trinajstić information content (AvgIpc) is 2.72. The van der Waals surface area contributed by atoms with Gasteiger partial charge in [-0.15, -0.1) is 0 Å². The molecule has 186 valence electrons. The molecule has 0 aromatic heterocycles. The van der Waals surface area contributed by atoms with Crippen LogP contribution in [0.5, 0.6) is 0 Å². The van der Waals surface area contributed by atoms with Crippen LogP contribution >= 0.6 is 0 Å². The van der Waals surface area contributed by atoms with E-state index in [1.807, 2.05) is 84.0 Å². The van der Waals surface area contributed by atoms with Crippen molar-refractivity contribution in [3.05, 3.63) is 65.2 Å². The van der Waals surface area contributed by atoms with Gasteiger partial charge in [-0.25, -0.2) is 8.42 Å². The molecule has 34 heavy (non-hydrogen) atoms. The summed E-state index contributed by atoms with van der Waals surface area (Å²) in [6.07, 6.45) is 1.48. The molecule has 1 N–H and O–H groups in total. The fourth-order valence-corrected chi connectivity index (χ4v) is 4.63. The Morgan fingerprint density at radius 1 is 1.03 bits per heavy atom. The Kier molecular flexibility index (Phi) is 8.89. The summed E-state index contributed by atoms with van der Waals surface area (Å²) in [6, 6.07) is 14.1. The molecule has 7 nitrogen and oxygen atoms in total. The first-order valence-corrected chi connectivity index (χ1v) is 13.3. The molecule has 0 radical (unpaired) electrons. The molecule has 2 amide bonds. The Bertz CT molecular complexity index is 1110. The Morgan fingerprint density at radius 2 is 1.65 bits per heavy atom. The summed E-state index contributed by atoms with van der Waals surface area (Å²) >= 11 is 0. The van der Waals surface area contributed by atoms with E-state index in [1.54, 1.807) is 6.07 Å². The average molecular weight is 488 g/mol. The number of carbonyl (C=O) groups is 2. The van der Waals surface area contributed by atoms with Crippen molar-refractivity contribution >= 4 is 27.5 Å². The minimum Gasteiger partial charge on any atom is -0.350 e. The van der Waals surface area contributed by atoms with Crippen LogP contribution in [0.3, 0.4) is 0 Å². The van der Waals surface area contributed by atoms with Crippen LogP contribution < -0.4 is 9.62 Å². The monoisotopic (exact) mass is 487 g/mol. The highest BCUT2D eigenvalue weighted by Crippen LogP contribution is 2.25. The Morgan fingerprint density at radius 3 is 2.18 bits per heavy atom.